The van der Waals surface area contributed by atoms with E-state index in [9.17, 15) is 29.5 Å². The van der Waals surface area contributed by atoms with Gasteiger partial charge in [0.1, 0.15) is 22.8 Å². The third kappa shape index (κ3) is 5.36. The van der Waals surface area contributed by atoms with Crippen molar-refractivity contribution < 1.29 is 29.5 Å². The SMILES string of the molecule is Nc1nc(/C(=N/O)C(=O)N[C@@H]2C(=O)N3C(C(=O)O)=C(C=C4CCN(CCN5CCNCC5)C4=O)CS[C@H]23)cs1. The molecule has 16 heteroatoms. The smallest absolute Gasteiger partial charge is 0.352 e. The number of oxime groups is 1. The Balaban J connectivity index is 1.26. The number of hydrogen-bond donors (Lipinski definition) is 5. The maximum absolute atomic E-state index is 13.0. The molecule has 5 rings (SSSR count). The van der Waals surface area contributed by atoms with E-state index in [2.05, 4.69) is 25.7 Å². The Kier molecular flexibility index (Phi) is 7.88. The third-order valence-corrected chi connectivity index (χ3v) is 9.00. The zero-order valence-corrected chi connectivity index (χ0v) is 22.5. The molecule has 3 amide bonds. The number of fused-ring (bicyclic) bond motifs is 1. The second-order valence-corrected chi connectivity index (χ2v) is 11.4. The first-order chi connectivity index (χ1) is 18.8. The van der Waals surface area contributed by atoms with Gasteiger partial charge in [0.25, 0.3) is 11.8 Å². The number of anilines is 1. The predicted octanol–water partition coefficient (Wildman–Crippen LogP) is -1.29. The van der Waals surface area contributed by atoms with Crippen LogP contribution in [-0.2, 0) is 19.2 Å². The quantitative estimate of drug-likeness (QED) is 0.0812. The van der Waals surface area contributed by atoms with E-state index >= 15 is 0 Å². The van der Waals surface area contributed by atoms with Gasteiger partial charge >= 0.3 is 5.97 Å². The van der Waals surface area contributed by atoms with E-state index < -0.39 is 34.9 Å². The molecule has 0 spiro atoms. The monoisotopic (exact) mass is 576 g/mol. The van der Waals surface area contributed by atoms with Crippen molar-refractivity contribution in [3.8, 4) is 0 Å². The van der Waals surface area contributed by atoms with E-state index in [1.165, 1.54) is 17.1 Å². The summed E-state index contributed by atoms with van der Waals surface area (Å²) in [5.74, 6) is -2.62. The number of aliphatic carboxylic acids is 1. The van der Waals surface area contributed by atoms with E-state index in [4.69, 9.17) is 5.73 Å². The topological polar surface area (TPSA) is 194 Å². The molecule has 6 N–H and O–H groups in total. The molecule has 0 bridgehead atoms. The van der Waals surface area contributed by atoms with Crippen molar-refractivity contribution in [2.45, 2.75) is 17.8 Å². The fraction of sp³-hybridized carbons (Fsp3) is 0.478. The number of carboxylic acid groups (broad SMARTS) is 1. The van der Waals surface area contributed by atoms with Gasteiger partial charge in [-0.05, 0) is 18.1 Å². The number of piperazine rings is 1. The average Bonchev–Trinajstić information content (AvgIpc) is 3.51. The summed E-state index contributed by atoms with van der Waals surface area (Å²) in [6, 6.07) is -1.02. The van der Waals surface area contributed by atoms with Crippen molar-refractivity contribution in [2.24, 2.45) is 5.16 Å². The molecule has 0 radical (unpaired) electrons. The number of nitrogen functional groups attached to an aromatic ring is 1. The van der Waals surface area contributed by atoms with Gasteiger partial charge in [0, 0.05) is 62.5 Å². The van der Waals surface area contributed by atoms with Gasteiger partial charge in [-0.15, -0.1) is 23.1 Å². The summed E-state index contributed by atoms with van der Waals surface area (Å²) in [7, 11) is 0. The minimum atomic E-state index is -1.29. The number of rotatable bonds is 8. The Labute approximate surface area is 231 Å². The molecule has 14 nitrogen and oxygen atoms in total. The van der Waals surface area contributed by atoms with E-state index in [1.807, 2.05) is 0 Å². The number of likely N-dealkylation sites (tertiary alicyclic amines) is 1. The fourth-order valence-corrected chi connectivity index (χ4v) is 6.85. The number of nitrogens with one attached hydrogen (secondary N) is 2. The number of allylic oxidation sites excluding steroid dienone is 1. The van der Waals surface area contributed by atoms with Gasteiger partial charge in [-0.2, -0.15) is 0 Å². The zero-order chi connectivity index (χ0) is 27.7. The molecule has 0 saturated carbocycles. The molecule has 5 heterocycles. The molecule has 1 aromatic rings. The van der Waals surface area contributed by atoms with Crippen LogP contribution in [0, 0.1) is 0 Å². The summed E-state index contributed by atoms with van der Waals surface area (Å²) in [6.45, 7) is 5.71. The van der Waals surface area contributed by atoms with Gasteiger partial charge in [0.15, 0.2) is 10.8 Å². The summed E-state index contributed by atoms with van der Waals surface area (Å²) in [5.41, 5.74) is 5.93. The highest BCUT2D eigenvalue weighted by Gasteiger charge is 2.54. The van der Waals surface area contributed by atoms with Crippen LogP contribution in [0.3, 0.4) is 0 Å². The Hall–Kier alpha value is -3.47. The lowest BCUT2D eigenvalue weighted by Gasteiger charge is -2.49. The lowest BCUT2D eigenvalue weighted by Crippen LogP contribution is -2.71. The molecule has 39 heavy (non-hydrogen) atoms. The van der Waals surface area contributed by atoms with Crippen molar-refractivity contribution in [1.29, 1.82) is 0 Å². The van der Waals surface area contributed by atoms with Crippen LogP contribution in [0.2, 0.25) is 0 Å². The van der Waals surface area contributed by atoms with E-state index in [-0.39, 0.29) is 28.2 Å². The lowest BCUT2D eigenvalue weighted by molar-refractivity contribution is -0.150. The van der Waals surface area contributed by atoms with Gasteiger partial charge < -0.3 is 31.6 Å². The minimum Gasteiger partial charge on any atom is -0.477 e. The van der Waals surface area contributed by atoms with Crippen molar-refractivity contribution in [1.82, 2.24) is 30.3 Å². The molecule has 1 aromatic heterocycles. The van der Waals surface area contributed by atoms with Crippen molar-refractivity contribution in [3.63, 3.8) is 0 Å². The van der Waals surface area contributed by atoms with Crippen LogP contribution in [0.15, 0.2) is 33.5 Å². The minimum absolute atomic E-state index is 0.0562. The summed E-state index contributed by atoms with van der Waals surface area (Å²) in [4.78, 5) is 60.0. The largest absolute Gasteiger partial charge is 0.477 e. The number of nitrogens with two attached hydrogens (primary N) is 1. The maximum Gasteiger partial charge on any atom is 0.352 e. The second kappa shape index (κ2) is 11.3. The zero-order valence-electron chi connectivity index (χ0n) is 20.8. The van der Waals surface area contributed by atoms with Gasteiger partial charge in [0.05, 0.1) is 0 Å². The number of thioether (sulfide) groups is 1. The van der Waals surface area contributed by atoms with Crippen LogP contribution in [-0.4, -0.2) is 122 Å². The van der Waals surface area contributed by atoms with Gasteiger partial charge in [-0.25, -0.2) is 9.78 Å². The number of nitrogens with zero attached hydrogens (tertiary/aromatic N) is 5. The molecule has 2 atom stereocenters. The van der Waals surface area contributed by atoms with Crippen LogP contribution in [0.4, 0.5) is 5.13 Å². The fourth-order valence-electron chi connectivity index (χ4n) is 4.99. The van der Waals surface area contributed by atoms with Gasteiger partial charge in [-0.3, -0.25) is 24.2 Å². The number of carbonyl (C=O) groups is 4. The van der Waals surface area contributed by atoms with Crippen molar-refractivity contribution >= 4 is 57.6 Å². The van der Waals surface area contributed by atoms with Crippen LogP contribution in [0.5, 0.6) is 0 Å². The molecule has 3 fully saturated rings. The Morgan fingerprint density at radius 1 is 1.26 bits per heavy atom. The standard InChI is InChI=1S/C23H28N8O6S2/c24-23-26-14(11-39-23)15(28-37)18(32)27-16-20(34)31-17(22(35)36)13(10-38-21(16)31)9-12-1-4-30(19(12)33)8-7-29-5-2-25-3-6-29/h9,11,16,21,25,37H,1-8,10H2,(H2,24,26)(H,27,32)(H,35,36)/b12-9?,28-15-/t16-,21-/m1/s1. The number of amides is 3. The lowest BCUT2D eigenvalue weighted by atomic mass is 10.0. The Morgan fingerprint density at radius 2 is 2.03 bits per heavy atom. The molecule has 0 unspecified atom stereocenters. The first-order valence-corrected chi connectivity index (χ1v) is 14.3. The second-order valence-electron chi connectivity index (χ2n) is 9.36. The average molecular weight is 577 g/mol. The molecule has 4 aliphatic heterocycles. The highest BCUT2D eigenvalue weighted by atomic mass is 32.2. The van der Waals surface area contributed by atoms with E-state index in [1.54, 1.807) is 11.0 Å². The molecule has 0 aromatic carbocycles. The van der Waals surface area contributed by atoms with Gasteiger partial charge in [-0.1, -0.05) is 5.16 Å². The number of carbonyl (C=O) groups excluding carboxylic acids is 3. The van der Waals surface area contributed by atoms with Crippen molar-refractivity contribution in [2.75, 3.05) is 57.3 Å². The first-order valence-electron chi connectivity index (χ1n) is 12.4. The molecular formula is C23H28N8O6S2. The predicted molar refractivity (Wildman–Crippen MR) is 143 cm³/mol. The molecule has 0 aliphatic carbocycles. The third-order valence-electron chi connectivity index (χ3n) is 7.02. The molecule has 208 valence electrons. The molecular weight excluding hydrogens is 548 g/mol. The van der Waals surface area contributed by atoms with Gasteiger partial charge in [0.2, 0.25) is 5.91 Å². The highest BCUT2D eigenvalue weighted by Crippen LogP contribution is 2.41. The Bertz CT molecular complexity index is 1290. The summed E-state index contributed by atoms with van der Waals surface area (Å²) >= 11 is 2.34. The number of thiazole rings is 1. The van der Waals surface area contributed by atoms with Crippen LogP contribution < -0.4 is 16.4 Å². The maximum atomic E-state index is 13.0. The normalized spacial score (nSPS) is 25.2. The number of hydrogen-bond acceptors (Lipinski definition) is 12. The van der Waals surface area contributed by atoms with Crippen LogP contribution in [0.25, 0.3) is 0 Å². The van der Waals surface area contributed by atoms with Crippen LogP contribution >= 0.6 is 23.1 Å². The first kappa shape index (κ1) is 27.1. The summed E-state index contributed by atoms with van der Waals surface area (Å²) in [5, 5.41) is 29.0. The van der Waals surface area contributed by atoms with Crippen molar-refractivity contribution in [3.05, 3.63) is 34.0 Å². The van der Waals surface area contributed by atoms with Crippen LogP contribution in [0.1, 0.15) is 12.1 Å². The number of β-lactam (4-membered cyclic amide) rings is 1. The highest BCUT2D eigenvalue weighted by molar-refractivity contribution is 8.00. The Morgan fingerprint density at radius 3 is 2.69 bits per heavy atom. The molecule has 3 saturated heterocycles. The van der Waals surface area contributed by atoms with E-state index in [0.29, 0.717) is 30.7 Å². The summed E-state index contributed by atoms with van der Waals surface area (Å²) < 4.78 is 0. The summed E-state index contributed by atoms with van der Waals surface area (Å²) in [6.07, 6.45) is 2.10. The number of carboxylic acids is 1. The van der Waals surface area contributed by atoms with E-state index in [0.717, 1.165) is 49.0 Å². The number of aromatic nitrogens is 1. The molecule has 4 aliphatic rings.